The predicted molar refractivity (Wildman–Crippen MR) is 131 cm³/mol. The molecule has 0 aliphatic carbocycles. The van der Waals surface area contributed by atoms with Crippen LogP contribution < -0.4 is 24.7 Å². The molecule has 0 fully saturated rings. The number of halogens is 2. The zero-order chi connectivity index (χ0) is 24.7. The number of allylic oxidation sites excluding steroid dienone is 1. The normalized spacial score (nSPS) is 15.7. The molecular formula is C24H15Br2N3O6. The first-order valence-corrected chi connectivity index (χ1v) is 11.8. The van der Waals surface area contributed by atoms with Gasteiger partial charge in [0.25, 0.3) is 5.69 Å². The van der Waals surface area contributed by atoms with Gasteiger partial charge in [0.15, 0.2) is 11.5 Å². The fourth-order valence-electron chi connectivity index (χ4n) is 3.99. The van der Waals surface area contributed by atoms with Gasteiger partial charge in [0.1, 0.15) is 29.7 Å². The minimum Gasteiger partial charge on any atom is -0.487 e. The largest absolute Gasteiger partial charge is 0.487 e. The molecule has 9 nitrogen and oxygen atoms in total. The third-order valence-electron chi connectivity index (χ3n) is 5.57. The number of rotatable bonds is 5. The summed E-state index contributed by atoms with van der Waals surface area (Å²) in [7, 11) is 0. The van der Waals surface area contributed by atoms with Crippen molar-refractivity contribution in [3.63, 3.8) is 0 Å². The monoisotopic (exact) mass is 599 g/mol. The smallest absolute Gasteiger partial charge is 0.269 e. The molecular weight excluding hydrogens is 586 g/mol. The van der Waals surface area contributed by atoms with E-state index in [1.807, 2.05) is 12.1 Å². The van der Waals surface area contributed by atoms with Gasteiger partial charge in [-0.15, -0.1) is 0 Å². The van der Waals surface area contributed by atoms with Crippen LogP contribution in [0.5, 0.6) is 23.0 Å². The molecule has 0 bridgehead atoms. The van der Waals surface area contributed by atoms with Crippen LogP contribution in [0.1, 0.15) is 22.6 Å². The van der Waals surface area contributed by atoms with Crippen LogP contribution in [0, 0.1) is 21.4 Å². The quantitative estimate of drug-likeness (QED) is 0.294. The summed E-state index contributed by atoms with van der Waals surface area (Å²) in [6.45, 7) is 0.225. The Balaban J connectivity index is 1.50. The van der Waals surface area contributed by atoms with Crippen molar-refractivity contribution >= 4 is 37.5 Å². The lowest BCUT2D eigenvalue weighted by atomic mass is 9.83. The molecule has 0 spiro atoms. The topological polar surface area (TPSA) is 130 Å². The van der Waals surface area contributed by atoms with E-state index in [1.165, 1.54) is 12.1 Å². The van der Waals surface area contributed by atoms with Crippen molar-refractivity contribution in [2.24, 2.45) is 5.73 Å². The van der Waals surface area contributed by atoms with Crippen molar-refractivity contribution in [2.45, 2.75) is 12.5 Å². The number of fused-ring (bicyclic) bond motifs is 2. The van der Waals surface area contributed by atoms with E-state index in [9.17, 15) is 15.4 Å². The van der Waals surface area contributed by atoms with Crippen molar-refractivity contribution in [2.75, 3.05) is 6.79 Å². The van der Waals surface area contributed by atoms with Gasteiger partial charge in [0, 0.05) is 23.8 Å². The number of nitriles is 1. The zero-order valence-corrected chi connectivity index (χ0v) is 21.0. The van der Waals surface area contributed by atoms with Crippen molar-refractivity contribution in [3.05, 3.63) is 95.7 Å². The van der Waals surface area contributed by atoms with Gasteiger partial charge in [-0.2, -0.15) is 5.26 Å². The lowest BCUT2D eigenvalue weighted by Crippen LogP contribution is -2.21. The molecule has 0 radical (unpaired) electrons. The Labute approximate surface area is 216 Å². The first-order chi connectivity index (χ1) is 16.9. The molecule has 35 heavy (non-hydrogen) atoms. The maximum Gasteiger partial charge on any atom is 0.269 e. The lowest BCUT2D eigenvalue weighted by molar-refractivity contribution is -0.384. The summed E-state index contributed by atoms with van der Waals surface area (Å²) in [5.74, 6) is 1.59. The van der Waals surface area contributed by atoms with Crippen LogP contribution in [-0.4, -0.2) is 11.7 Å². The molecule has 2 heterocycles. The van der Waals surface area contributed by atoms with Crippen molar-refractivity contribution < 1.29 is 23.9 Å². The van der Waals surface area contributed by atoms with Gasteiger partial charge < -0.3 is 24.7 Å². The highest BCUT2D eigenvalue weighted by molar-refractivity contribution is 9.11. The molecule has 2 N–H and O–H groups in total. The number of hydrogen-bond acceptors (Lipinski definition) is 8. The molecule has 0 saturated heterocycles. The number of nitro benzene ring substituents is 1. The van der Waals surface area contributed by atoms with Crippen molar-refractivity contribution in [1.29, 1.82) is 5.26 Å². The number of hydrogen-bond donors (Lipinski definition) is 1. The van der Waals surface area contributed by atoms with Crippen LogP contribution in [-0.2, 0) is 6.61 Å². The number of ether oxygens (including phenoxy) is 4. The molecule has 3 aromatic rings. The van der Waals surface area contributed by atoms with Gasteiger partial charge in [-0.25, -0.2) is 0 Å². The van der Waals surface area contributed by atoms with Crippen LogP contribution >= 0.6 is 31.9 Å². The molecule has 1 atom stereocenters. The van der Waals surface area contributed by atoms with Gasteiger partial charge in [-0.05, 0) is 61.2 Å². The molecule has 0 aromatic heterocycles. The Morgan fingerprint density at radius 2 is 1.83 bits per heavy atom. The minimum atomic E-state index is -0.517. The molecule has 0 saturated carbocycles. The maximum atomic E-state index is 11.0. The van der Waals surface area contributed by atoms with Crippen molar-refractivity contribution in [3.8, 4) is 29.1 Å². The minimum absolute atomic E-state index is 0.00737. The van der Waals surface area contributed by atoms with E-state index < -0.39 is 10.8 Å². The fourth-order valence-corrected chi connectivity index (χ4v) is 5.44. The second kappa shape index (κ2) is 9.13. The molecule has 2 aliphatic heterocycles. The molecule has 3 aromatic carbocycles. The Bertz CT molecular complexity index is 1430. The molecule has 5 rings (SSSR count). The first kappa shape index (κ1) is 23.0. The zero-order valence-electron chi connectivity index (χ0n) is 17.8. The van der Waals surface area contributed by atoms with E-state index >= 15 is 0 Å². The number of non-ortho nitro benzene ring substituents is 1. The molecule has 176 valence electrons. The van der Waals surface area contributed by atoms with Gasteiger partial charge in [0.05, 0.1) is 19.8 Å². The highest BCUT2D eigenvalue weighted by Crippen LogP contribution is 2.49. The summed E-state index contributed by atoms with van der Waals surface area (Å²) in [5.41, 5.74) is 8.48. The number of nitrogens with two attached hydrogens (primary N) is 1. The van der Waals surface area contributed by atoms with E-state index in [1.54, 1.807) is 24.3 Å². The molecule has 2 aliphatic rings. The summed E-state index contributed by atoms with van der Waals surface area (Å²) in [6.07, 6.45) is 0. The van der Waals surface area contributed by atoms with Gasteiger partial charge in [0.2, 0.25) is 12.7 Å². The van der Waals surface area contributed by atoms with E-state index in [0.29, 0.717) is 43.1 Å². The summed E-state index contributed by atoms with van der Waals surface area (Å²) in [4.78, 5) is 10.6. The van der Waals surface area contributed by atoms with E-state index in [0.717, 1.165) is 5.56 Å². The highest BCUT2D eigenvalue weighted by atomic mass is 79.9. The third kappa shape index (κ3) is 4.26. The Morgan fingerprint density at radius 3 is 2.51 bits per heavy atom. The lowest BCUT2D eigenvalue weighted by Gasteiger charge is -2.27. The number of nitrogens with zero attached hydrogens (tertiary/aromatic N) is 2. The van der Waals surface area contributed by atoms with Crippen LogP contribution in [0.3, 0.4) is 0 Å². The fraction of sp³-hybridized carbons (Fsp3) is 0.125. The average Bonchev–Trinajstić information content (AvgIpc) is 3.28. The Hall–Kier alpha value is -3.75. The third-order valence-corrected chi connectivity index (χ3v) is 6.75. The van der Waals surface area contributed by atoms with E-state index in [-0.39, 0.29) is 30.5 Å². The summed E-state index contributed by atoms with van der Waals surface area (Å²) < 4.78 is 23.9. The SMILES string of the molecule is N#CC1=C(N)Oc2cc3c(cc2[C@@H]1c1cc(Br)c(OCc2cccc([N+](=O)[O-])c2)c(Br)c1)OCO3. The molecule has 0 amide bonds. The average molecular weight is 601 g/mol. The maximum absolute atomic E-state index is 11.0. The van der Waals surface area contributed by atoms with E-state index in [4.69, 9.17) is 24.7 Å². The van der Waals surface area contributed by atoms with Gasteiger partial charge in [-0.3, -0.25) is 10.1 Å². The number of benzene rings is 3. The highest BCUT2D eigenvalue weighted by Gasteiger charge is 2.34. The summed E-state index contributed by atoms with van der Waals surface area (Å²) in [5, 5.41) is 20.9. The standard InChI is InChI=1S/C24H15Br2N3O6/c25-17-5-13(6-18(26)23(17)32-10-12-2-1-3-14(4-12)29(30)31)22-15-7-20-21(34-11-33-20)8-19(15)35-24(28)16(22)9-27/h1-8,22H,10-11,28H2/t22-/m0/s1. The first-order valence-electron chi connectivity index (χ1n) is 10.2. The second-order valence-electron chi connectivity index (χ2n) is 7.70. The van der Waals surface area contributed by atoms with Crippen LogP contribution in [0.4, 0.5) is 5.69 Å². The van der Waals surface area contributed by atoms with E-state index in [2.05, 4.69) is 37.9 Å². The Morgan fingerprint density at radius 1 is 1.11 bits per heavy atom. The molecule has 11 heteroatoms. The van der Waals surface area contributed by atoms with Gasteiger partial charge >= 0.3 is 0 Å². The van der Waals surface area contributed by atoms with Gasteiger partial charge in [-0.1, -0.05) is 12.1 Å². The van der Waals surface area contributed by atoms with Crippen LogP contribution in [0.2, 0.25) is 0 Å². The Kier molecular flexibility index (Phi) is 6.00. The van der Waals surface area contributed by atoms with Crippen LogP contribution in [0.15, 0.2) is 68.9 Å². The van der Waals surface area contributed by atoms with Crippen LogP contribution in [0.25, 0.3) is 0 Å². The predicted octanol–water partition coefficient (Wildman–Crippen LogP) is 5.65. The molecule has 0 unspecified atom stereocenters. The summed E-state index contributed by atoms with van der Waals surface area (Å²) in [6, 6.07) is 15.6. The number of nitro groups is 1. The summed E-state index contributed by atoms with van der Waals surface area (Å²) >= 11 is 7.11. The second-order valence-corrected chi connectivity index (χ2v) is 9.41. The van der Waals surface area contributed by atoms with Crippen molar-refractivity contribution in [1.82, 2.24) is 0 Å².